The molecule has 0 bridgehead atoms. The Morgan fingerprint density at radius 2 is 2.14 bits per heavy atom. The molecule has 0 radical (unpaired) electrons. The average molecular weight is 321 g/mol. The molecular formula is C12H13F2NO5S. The third-order valence-corrected chi connectivity index (χ3v) is 4.94. The zero-order valence-electron chi connectivity index (χ0n) is 10.8. The molecule has 1 heterocycles. The van der Waals surface area contributed by atoms with Gasteiger partial charge in [-0.3, -0.25) is 4.79 Å². The Labute approximate surface area is 119 Å². The average Bonchev–Trinajstić information content (AvgIpc) is 2.93. The predicted molar refractivity (Wildman–Crippen MR) is 68.0 cm³/mol. The fourth-order valence-electron chi connectivity index (χ4n) is 2.00. The Bertz CT molecular complexity index is 643. The zero-order chi connectivity index (χ0) is 15.6. The summed E-state index contributed by atoms with van der Waals surface area (Å²) in [5, 5.41) is 8.19. The van der Waals surface area contributed by atoms with Crippen molar-refractivity contribution in [1.82, 2.24) is 4.72 Å². The van der Waals surface area contributed by atoms with Crippen LogP contribution < -0.4 is 4.72 Å². The first kappa shape index (κ1) is 15.8. The van der Waals surface area contributed by atoms with Gasteiger partial charge in [0.15, 0.2) is 0 Å². The lowest BCUT2D eigenvalue weighted by Crippen LogP contribution is -2.40. The predicted octanol–water partition coefficient (Wildman–Crippen LogP) is 0.799. The van der Waals surface area contributed by atoms with Gasteiger partial charge in [0.2, 0.25) is 10.0 Å². The van der Waals surface area contributed by atoms with Gasteiger partial charge in [-0.05, 0) is 24.6 Å². The minimum Gasteiger partial charge on any atom is -0.480 e. The van der Waals surface area contributed by atoms with Gasteiger partial charge in [0.25, 0.3) is 0 Å². The van der Waals surface area contributed by atoms with E-state index in [1.807, 2.05) is 4.72 Å². The van der Waals surface area contributed by atoms with Crippen LogP contribution in [-0.4, -0.2) is 38.0 Å². The summed E-state index contributed by atoms with van der Waals surface area (Å²) in [4.78, 5) is 11.2. The minimum atomic E-state index is -4.03. The van der Waals surface area contributed by atoms with Crippen molar-refractivity contribution in [3.63, 3.8) is 0 Å². The van der Waals surface area contributed by atoms with E-state index in [0.29, 0.717) is 6.07 Å². The first-order chi connectivity index (χ1) is 9.81. The smallest absolute Gasteiger partial charge is 0.326 e. The second kappa shape index (κ2) is 6.04. The third kappa shape index (κ3) is 3.55. The van der Waals surface area contributed by atoms with Crippen LogP contribution in [0.25, 0.3) is 0 Å². The highest BCUT2D eigenvalue weighted by molar-refractivity contribution is 7.90. The zero-order valence-corrected chi connectivity index (χ0v) is 11.6. The van der Waals surface area contributed by atoms with Crippen LogP contribution in [0.3, 0.4) is 0 Å². The minimum absolute atomic E-state index is 0.0622. The molecule has 2 unspecified atom stereocenters. The number of sulfonamides is 1. The molecule has 2 N–H and O–H groups in total. The maximum Gasteiger partial charge on any atom is 0.326 e. The lowest BCUT2D eigenvalue weighted by atomic mass is 10.1. The van der Waals surface area contributed by atoms with E-state index in [1.54, 1.807) is 0 Å². The van der Waals surface area contributed by atoms with E-state index in [2.05, 4.69) is 0 Å². The van der Waals surface area contributed by atoms with Crippen molar-refractivity contribution in [2.45, 2.75) is 17.7 Å². The van der Waals surface area contributed by atoms with Crippen LogP contribution in [0.5, 0.6) is 0 Å². The summed E-state index contributed by atoms with van der Waals surface area (Å²) in [7, 11) is -4.03. The fourth-order valence-corrected chi connectivity index (χ4v) is 3.43. The van der Waals surface area contributed by atoms with Gasteiger partial charge in [-0.1, -0.05) is 0 Å². The van der Waals surface area contributed by atoms with Gasteiger partial charge < -0.3 is 9.84 Å². The number of aliphatic carboxylic acids is 1. The van der Waals surface area contributed by atoms with Gasteiger partial charge in [-0.2, -0.15) is 4.72 Å². The fraction of sp³-hybridized carbons (Fsp3) is 0.417. The first-order valence-corrected chi connectivity index (χ1v) is 7.62. The Morgan fingerprint density at radius 3 is 2.71 bits per heavy atom. The normalized spacial score (nSPS) is 20.4. The summed E-state index contributed by atoms with van der Waals surface area (Å²) in [5.74, 6) is -3.49. The molecule has 1 aromatic rings. The van der Waals surface area contributed by atoms with Crippen LogP contribution in [0.1, 0.15) is 18.0 Å². The molecule has 21 heavy (non-hydrogen) atoms. The molecule has 1 fully saturated rings. The second-order valence-electron chi connectivity index (χ2n) is 4.59. The molecule has 6 nitrogen and oxygen atoms in total. The van der Waals surface area contributed by atoms with Crippen molar-refractivity contribution >= 4 is 16.0 Å². The summed E-state index contributed by atoms with van der Waals surface area (Å²) < 4.78 is 57.7. The van der Waals surface area contributed by atoms with E-state index in [1.165, 1.54) is 0 Å². The van der Waals surface area contributed by atoms with E-state index >= 15 is 0 Å². The van der Waals surface area contributed by atoms with Gasteiger partial charge in [0.05, 0.1) is 6.61 Å². The van der Waals surface area contributed by atoms with E-state index in [9.17, 15) is 22.0 Å². The largest absolute Gasteiger partial charge is 0.480 e. The molecule has 1 aliphatic rings. The number of rotatable bonds is 5. The third-order valence-electron chi connectivity index (χ3n) is 3.12. The SMILES string of the molecule is O=C(O)C(NS(=O)(=O)C1CCOC1)c1cc(F)ccc1F. The number of benzene rings is 1. The Hall–Kier alpha value is -1.58. The molecule has 1 saturated heterocycles. The van der Waals surface area contributed by atoms with Crippen molar-refractivity contribution in [3.05, 3.63) is 35.4 Å². The molecule has 2 atom stereocenters. The highest BCUT2D eigenvalue weighted by Gasteiger charge is 2.35. The van der Waals surface area contributed by atoms with Crippen molar-refractivity contribution in [1.29, 1.82) is 0 Å². The maximum absolute atomic E-state index is 13.6. The summed E-state index contributed by atoms with van der Waals surface area (Å²) >= 11 is 0. The number of hydrogen-bond donors (Lipinski definition) is 2. The molecule has 2 rings (SSSR count). The molecule has 0 saturated carbocycles. The van der Waals surface area contributed by atoms with Gasteiger partial charge in [-0.25, -0.2) is 17.2 Å². The van der Waals surface area contributed by atoms with Crippen LogP contribution >= 0.6 is 0 Å². The van der Waals surface area contributed by atoms with E-state index in [0.717, 1.165) is 12.1 Å². The van der Waals surface area contributed by atoms with Crippen LogP contribution in [0, 0.1) is 11.6 Å². The monoisotopic (exact) mass is 321 g/mol. The van der Waals surface area contributed by atoms with Crippen molar-refractivity contribution in [2.24, 2.45) is 0 Å². The lowest BCUT2D eigenvalue weighted by molar-refractivity contribution is -0.139. The van der Waals surface area contributed by atoms with Crippen molar-refractivity contribution in [3.8, 4) is 0 Å². The second-order valence-corrected chi connectivity index (χ2v) is 6.58. The number of halogens is 2. The molecule has 116 valence electrons. The van der Waals surface area contributed by atoms with Gasteiger partial charge in [-0.15, -0.1) is 0 Å². The molecule has 0 aromatic heterocycles. The summed E-state index contributed by atoms with van der Waals surface area (Å²) in [5.41, 5.74) is -0.579. The van der Waals surface area contributed by atoms with Crippen LogP contribution in [-0.2, 0) is 19.6 Å². The molecule has 1 aromatic carbocycles. The van der Waals surface area contributed by atoms with E-state index in [-0.39, 0.29) is 19.6 Å². The van der Waals surface area contributed by atoms with Crippen LogP contribution in [0.4, 0.5) is 8.78 Å². The molecule has 0 amide bonds. The number of ether oxygens (including phenoxy) is 1. The molecule has 0 spiro atoms. The Morgan fingerprint density at radius 1 is 1.43 bits per heavy atom. The van der Waals surface area contributed by atoms with Gasteiger partial charge >= 0.3 is 5.97 Å². The number of carbonyl (C=O) groups is 1. The number of carboxylic acids is 1. The van der Waals surface area contributed by atoms with E-state index in [4.69, 9.17) is 9.84 Å². The number of nitrogens with one attached hydrogen (secondary N) is 1. The van der Waals surface area contributed by atoms with Crippen LogP contribution in [0.15, 0.2) is 18.2 Å². The standard InChI is InChI=1S/C12H13F2NO5S/c13-7-1-2-10(14)9(5-7)11(12(16)17)15-21(18,19)8-3-4-20-6-8/h1-2,5,8,11,15H,3-4,6H2,(H,16,17). The lowest BCUT2D eigenvalue weighted by Gasteiger charge is -2.18. The maximum atomic E-state index is 13.6. The van der Waals surface area contributed by atoms with Gasteiger partial charge in [0, 0.05) is 12.2 Å². The quantitative estimate of drug-likeness (QED) is 0.837. The summed E-state index contributed by atoms with van der Waals surface area (Å²) in [6.07, 6.45) is 0.216. The van der Waals surface area contributed by atoms with Crippen molar-refractivity contribution in [2.75, 3.05) is 13.2 Å². The van der Waals surface area contributed by atoms with E-state index < -0.39 is 44.5 Å². The summed E-state index contributed by atoms with van der Waals surface area (Å²) in [6.45, 7) is 0.185. The number of carboxylic acid groups (broad SMARTS) is 1. The Balaban J connectivity index is 2.31. The topological polar surface area (TPSA) is 92.7 Å². The van der Waals surface area contributed by atoms with Crippen molar-refractivity contribution < 1.29 is 31.8 Å². The molecule has 1 aliphatic heterocycles. The van der Waals surface area contributed by atoms with Crippen LogP contribution in [0.2, 0.25) is 0 Å². The highest BCUT2D eigenvalue weighted by atomic mass is 32.2. The molecule has 9 heteroatoms. The van der Waals surface area contributed by atoms with Gasteiger partial charge in [0.1, 0.15) is 22.9 Å². The molecule has 0 aliphatic carbocycles. The first-order valence-electron chi connectivity index (χ1n) is 6.08. The summed E-state index contributed by atoms with van der Waals surface area (Å²) in [6, 6.07) is 0.318. The number of hydrogen-bond acceptors (Lipinski definition) is 4. The Kier molecular flexibility index (Phi) is 4.55. The molecular weight excluding hydrogens is 308 g/mol. The highest BCUT2D eigenvalue weighted by Crippen LogP contribution is 2.22.